The number of rotatable bonds is 5. The number of nitrogens with one attached hydrogen (secondary N) is 1. The predicted octanol–water partition coefficient (Wildman–Crippen LogP) is 5.28. The monoisotopic (exact) mass is 315 g/mol. The Kier molecular flexibility index (Phi) is 5.62. The molecule has 0 aliphatic carbocycles. The molecule has 0 radical (unpaired) electrons. The van der Waals surface area contributed by atoms with Gasteiger partial charge >= 0.3 is 0 Å². The van der Waals surface area contributed by atoms with Gasteiger partial charge in [0.25, 0.3) is 0 Å². The van der Waals surface area contributed by atoms with Gasteiger partial charge in [-0.05, 0) is 54.7 Å². The zero-order valence-corrected chi connectivity index (χ0v) is 14.0. The predicted molar refractivity (Wildman–Crippen MR) is 93.5 cm³/mol. The third-order valence-electron chi connectivity index (χ3n) is 3.63. The second kappa shape index (κ2) is 7.46. The van der Waals surface area contributed by atoms with E-state index in [-0.39, 0.29) is 11.8 Å². The van der Waals surface area contributed by atoms with Gasteiger partial charge in [0.05, 0.1) is 5.92 Å². The molecule has 0 heterocycles. The molecule has 0 bridgehead atoms. The summed E-state index contributed by atoms with van der Waals surface area (Å²) < 4.78 is 0. The SMILES string of the molecule is CC(C)Cc1ccc(C(C)C(=O)Nc2ccc(Cl)cc2)cc1. The Balaban J connectivity index is 2.02. The van der Waals surface area contributed by atoms with Crippen molar-refractivity contribution in [3.05, 3.63) is 64.7 Å². The second-order valence-corrected chi connectivity index (χ2v) is 6.49. The van der Waals surface area contributed by atoms with Crippen molar-refractivity contribution in [1.29, 1.82) is 0 Å². The first kappa shape index (κ1) is 16.6. The topological polar surface area (TPSA) is 29.1 Å². The summed E-state index contributed by atoms with van der Waals surface area (Å²) in [5, 5.41) is 3.58. The molecule has 2 aromatic carbocycles. The Morgan fingerprint density at radius 3 is 2.14 bits per heavy atom. The van der Waals surface area contributed by atoms with E-state index in [1.54, 1.807) is 24.3 Å². The fourth-order valence-corrected chi connectivity index (χ4v) is 2.47. The van der Waals surface area contributed by atoms with Crippen LogP contribution in [0.25, 0.3) is 0 Å². The molecule has 2 nitrogen and oxygen atoms in total. The van der Waals surface area contributed by atoms with Crippen molar-refractivity contribution in [2.75, 3.05) is 5.32 Å². The van der Waals surface area contributed by atoms with Crippen LogP contribution in [0.5, 0.6) is 0 Å². The van der Waals surface area contributed by atoms with Crippen LogP contribution in [-0.2, 0) is 11.2 Å². The van der Waals surface area contributed by atoms with E-state index in [0.717, 1.165) is 17.7 Å². The van der Waals surface area contributed by atoms with Crippen molar-refractivity contribution < 1.29 is 4.79 Å². The minimum Gasteiger partial charge on any atom is -0.326 e. The molecule has 0 aliphatic rings. The molecule has 0 aliphatic heterocycles. The van der Waals surface area contributed by atoms with Crippen molar-refractivity contribution in [1.82, 2.24) is 0 Å². The van der Waals surface area contributed by atoms with Crippen LogP contribution in [0.3, 0.4) is 0 Å². The Labute approximate surface area is 137 Å². The molecule has 1 unspecified atom stereocenters. The minimum absolute atomic E-state index is 0.0149. The number of hydrogen-bond donors (Lipinski definition) is 1. The number of anilines is 1. The number of benzene rings is 2. The second-order valence-electron chi connectivity index (χ2n) is 6.06. The highest BCUT2D eigenvalue weighted by atomic mass is 35.5. The summed E-state index contributed by atoms with van der Waals surface area (Å²) in [4.78, 5) is 12.3. The lowest BCUT2D eigenvalue weighted by molar-refractivity contribution is -0.117. The van der Waals surface area contributed by atoms with Crippen molar-refractivity contribution in [2.45, 2.75) is 33.1 Å². The van der Waals surface area contributed by atoms with Crippen LogP contribution >= 0.6 is 11.6 Å². The van der Waals surface area contributed by atoms with Gasteiger partial charge in [-0.2, -0.15) is 0 Å². The fourth-order valence-electron chi connectivity index (χ4n) is 2.35. The van der Waals surface area contributed by atoms with Gasteiger partial charge in [0, 0.05) is 10.7 Å². The molecular formula is C19H22ClNO. The Morgan fingerprint density at radius 1 is 1.00 bits per heavy atom. The van der Waals surface area contributed by atoms with Crippen molar-refractivity contribution in [3.8, 4) is 0 Å². The Hall–Kier alpha value is -1.80. The van der Waals surface area contributed by atoms with Crippen LogP contribution < -0.4 is 5.32 Å². The molecule has 0 spiro atoms. The summed E-state index contributed by atoms with van der Waals surface area (Å²) in [6.07, 6.45) is 1.06. The lowest BCUT2D eigenvalue weighted by Gasteiger charge is -2.14. The van der Waals surface area contributed by atoms with E-state index in [2.05, 4.69) is 31.3 Å². The van der Waals surface area contributed by atoms with Gasteiger partial charge < -0.3 is 5.32 Å². The maximum atomic E-state index is 12.3. The largest absolute Gasteiger partial charge is 0.326 e. The summed E-state index contributed by atoms with van der Waals surface area (Å²) in [5.74, 6) is 0.430. The van der Waals surface area contributed by atoms with E-state index in [4.69, 9.17) is 11.6 Å². The molecule has 2 rings (SSSR count). The molecule has 116 valence electrons. The zero-order chi connectivity index (χ0) is 16.1. The number of amides is 1. The molecule has 22 heavy (non-hydrogen) atoms. The van der Waals surface area contributed by atoms with Crippen LogP contribution in [-0.4, -0.2) is 5.91 Å². The number of halogens is 1. The molecule has 1 atom stereocenters. The molecule has 3 heteroatoms. The molecule has 1 amide bonds. The van der Waals surface area contributed by atoms with Crippen molar-refractivity contribution in [2.24, 2.45) is 5.92 Å². The van der Waals surface area contributed by atoms with Crippen molar-refractivity contribution >= 4 is 23.2 Å². The molecule has 1 N–H and O–H groups in total. The van der Waals surface area contributed by atoms with Gasteiger partial charge in [0.2, 0.25) is 5.91 Å². The van der Waals surface area contributed by atoms with Gasteiger partial charge in [-0.25, -0.2) is 0 Å². The van der Waals surface area contributed by atoms with E-state index >= 15 is 0 Å². The Bertz CT molecular complexity index is 617. The van der Waals surface area contributed by atoms with E-state index in [9.17, 15) is 4.79 Å². The molecule has 0 saturated heterocycles. The number of hydrogen-bond acceptors (Lipinski definition) is 1. The third kappa shape index (κ3) is 4.60. The summed E-state index contributed by atoms with van der Waals surface area (Å²) in [6, 6.07) is 15.5. The van der Waals surface area contributed by atoms with Crippen LogP contribution in [0.2, 0.25) is 5.02 Å². The summed E-state index contributed by atoms with van der Waals surface area (Å²) in [6.45, 7) is 6.33. The smallest absolute Gasteiger partial charge is 0.231 e. The average molecular weight is 316 g/mol. The van der Waals surface area contributed by atoms with E-state index < -0.39 is 0 Å². The maximum Gasteiger partial charge on any atom is 0.231 e. The normalized spacial score (nSPS) is 12.2. The first-order valence-corrected chi connectivity index (χ1v) is 7.99. The van der Waals surface area contributed by atoms with E-state index in [1.807, 2.05) is 19.1 Å². The summed E-state index contributed by atoms with van der Waals surface area (Å²) in [7, 11) is 0. The molecule has 0 fully saturated rings. The fraction of sp³-hybridized carbons (Fsp3) is 0.316. The average Bonchev–Trinajstić information content (AvgIpc) is 2.49. The highest BCUT2D eigenvalue weighted by Crippen LogP contribution is 2.20. The van der Waals surface area contributed by atoms with Crippen LogP contribution in [0.15, 0.2) is 48.5 Å². The highest BCUT2D eigenvalue weighted by Gasteiger charge is 2.15. The zero-order valence-electron chi connectivity index (χ0n) is 13.3. The molecule has 2 aromatic rings. The maximum absolute atomic E-state index is 12.3. The number of carbonyl (C=O) groups excluding carboxylic acids is 1. The molecular weight excluding hydrogens is 294 g/mol. The van der Waals surface area contributed by atoms with Gasteiger partial charge in [0.15, 0.2) is 0 Å². The highest BCUT2D eigenvalue weighted by molar-refractivity contribution is 6.30. The van der Waals surface area contributed by atoms with Crippen LogP contribution in [0.1, 0.15) is 37.8 Å². The van der Waals surface area contributed by atoms with Gasteiger partial charge in [-0.1, -0.05) is 49.7 Å². The quantitative estimate of drug-likeness (QED) is 0.799. The molecule has 0 aromatic heterocycles. The standard InChI is InChI=1S/C19H22ClNO/c1-13(2)12-15-4-6-16(7-5-15)14(3)19(22)21-18-10-8-17(20)9-11-18/h4-11,13-14H,12H2,1-3H3,(H,21,22). The van der Waals surface area contributed by atoms with Gasteiger partial charge in [0.1, 0.15) is 0 Å². The van der Waals surface area contributed by atoms with Gasteiger partial charge in [-0.15, -0.1) is 0 Å². The van der Waals surface area contributed by atoms with Gasteiger partial charge in [-0.3, -0.25) is 4.79 Å². The lowest BCUT2D eigenvalue weighted by Crippen LogP contribution is -2.18. The Morgan fingerprint density at radius 2 is 1.59 bits per heavy atom. The lowest BCUT2D eigenvalue weighted by atomic mass is 9.96. The van der Waals surface area contributed by atoms with Crippen LogP contribution in [0.4, 0.5) is 5.69 Å². The summed E-state index contributed by atoms with van der Waals surface area (Å²) in [5.41, 5.74) is 3.10. The third-order valence-corrected chi connectivity index (χ3v) is 3.88. The first-order valence-electron chi connectivity index (χ1n) is 7.61. The molecule has 0 saturated carbocycles. The number of carbonyl (C=O) groups is 1. The van der Waals surface area contributed by atoms with Crippen molar-refractivity contribution in [3.63, 3.8) is 0 Å². The van der Waals surface area contributed by atoms with E-state index in [1.165, 1.54) is 5.56 Å². The summed E-state index contributed by atoms with van der Waals surface area (Å²) >= 11 is 5.84. The van der Waals surface area contributed by atoms with Crippen LogP contribution in [0, 0.1) is 5.92 Å². The minimum atomic E-state index is -0.191. The van der Waals surface area contributed by atoms with E-state index in [0.29, 0.717) is 10.9 Å². The first-order chi connectivity index (χ1) is 10.5.